The van der Waals surface area contributed by atoms with Gasteiger partial charge in [0, 0.05) is 12.6 Å². The Kier molecular flexibility index (Phi) is 7.04. The number of nitrogens with one attached hydrogen (secondary N) is 1. The van der Waals surface area contributed by atoms with Gasteiger partial charge in [-0.15, -0.1) is 0 Å². The maximum Gasteiger partial charge on any atom is 0.268 e. The molecule has 0 bridgehead atoms. The molecule has 2 amide bonds. The van der Waals surface area contributed by atoms with Crippen LogP contribution in [-0.4, -0.2) is 42.3 Å². The highest BCUT2D eigenvalue weighted by molar-refractivity contribution is 5.90. The molecule has 0 spiro atoms. The third-order valence-electron chi connectivity index (χ3n) is 7.40. The summed E-state index contributed by atoms with van der Waals surface area (Å²) in [5.74, 6) is 2.71. The monoisotopic (exact) mass is 532 g/mol. The normalized spacial score (nSPS) is 18.8. The van der Waals surface area contributed by atoms with Crippen molar-refractivity contribution in [2.24, 2.45) is 0 Å². The van der Waals surface area contributed by atoms with Crippen LogP contribution < -0.4 is 24.3 Å². The number of nitrogens with zero attached hydrogens (tertiary/aromatic N) is 1. The molecular weight excluding hydrogens is 500 g/mol. The number of aryl methyl sites for hydroxylation is 1. The Bertz CT molecular complexity index is 1350. The van der Waals surface area contributed by atoms with Crippen molar-refractivity contribution in [2.75, 3.05) is 13.4 Å². The maximum atomic E-state index is 14.2. The summed E-state index contributed by atoms with van der Waals surface area (Å²) in [6.07, 6.45) is 4.21. The fourth-order valence-electron chi connectivity index (χ4n) is 5.41. The van der Waals surface area contributed by atoms with E-state index in [0.29, 0.717) is 34.5 Å². The number of hydrogen-bond donors (Lipinski definition) is 1. The molecule has 0 saturated heterocycles. The van der Waals surface area contributed by atoms with Crippen LogP contribution in [-0.2, 0) is 16.1 Å². The molecule has 6 rings (SSSR count). The Morgan fingerprint density at radius 2 is 1.69 bits per heavy atom. The topological polar surface area (TPSA) is 99.5 Å². The zero-order chi connectivity index (χ0) is 26.8. The number of fused-ring (bicyclic) bond motifs is 2. The van der Waals surface area contributed by atoms with E-state index >= 15 is 0 Å². The first-order chi connectivity index (χ1) is 19.0. The summed E-state index contributed by atoms with van der Waals surface area (Å²) in [5, 5.41) is 3.20. The highest BCUT2D eigenvalue weighted by Crippen LogP contribution is 2.36. The van der Waals surface area contributed by atoms with Gasteiger partial charge in [0.05, 0.1) is 0 Å². The van der Waals surface area contributed by atoms with Crippen LogP contribution in [0.5, 0.6) is 23.0 Å². The van der Waals surface area contributed by atoms with E-state index in [2.05, 4.69) is 5.32 Å². The molecule has 0 radical (unpaired) electrons. The third-order valence-corrected chi connectivity index (χ3v) is 7.40. The van der Waals surface area contributed by atoms with Crippen LogP contribution in [0.4, 0.5) is 0 Å². The summed E-state index contributed by atoms with van der Waals surface area (Å²) in [5.41, 5.74) is 0.781. The molecule has 0 unspecified atom stereocenters. The van der Waals surface area contributed by atoms with Gasteiger partial charge in [-0.3, -0.25) is 9.59 Å². The molecule has 2 aliphatic heterocycles. The van der Waals surface area contributed by atoms with E-state index in [4.69, 9.17) is 23.4 Å². The molecule has 1 fully saturated rings. The second-order valence-electron chi connectivity index (χ2n) is 10.2. The van der Waals surface area contributed by atoms with Crippen molar-refractivity contribution in [3.8, 4) is 23.0 Å². The van der Waals surface area contributed by atoms with Crippen molar-refractivity contribution < 1.29 is 33.0 Å². The van der Waals surface area contributed by atoms with Crippen molar-refractivity contribution in [3.63, 3.8) is 0 Å². The first-order valence-corrected chi connectivity index (χ1v) is 13.5. The molecule has 3 heterocycles. The molecule has 1 saturated carbocycles. The Hall–Kier alpha value is -4.14. The van der Waals surface area contributed by atoms with Crippen molar-refractivity contribution in [2.45, 2.75) is 63.8 Å². The Balaban J connectivity index is 1.35. The third kappa shape index (κ3) is 5.39. The number of rotatable bonds is 7. The highest BCUT2D eigenvalue weighted by atomic mass is 16.7. The standard InChI is InChI=1S/C30H32N2O7/c1-19-11-13-25(38-19)28(29(33)31-21-7-3-2-4-8-21)32(16-20-12-14-23-26(15-20)37-18-36-23)30(34)27-17-35-22-9-5-6-10-24(22)39-27/h5-6,9-15,21,27-28H,2-4,7-8,16-18H2,1H3,(H,31,33)/t27-,28+/m0/s1. The second kappa shape index (κ2) is 10.9. The first kappa shape index (κ1) is 25.2. The van der Waals surface area contributed by atoms with Crippen molar-refractivity contribution in [1.82, 2.24) is 10.2 Å². The minimum Gasteiger partial charge on any atom is -0.485 e. The van der Waals surface area contributed by atoms with Crippen molar-refractivity contribution in [1.29, 1.82) is 0 Å². The molecule has 9 nitrogen and oxygen atoms in total. The van der Waals surface area contributed by atoms with Crippen LogP contribution in [0.25, 0.3) is 0 Å². The molecule has 39 heavy (non-hydrogen) atoms. The van der Waals surface area contributed by atoms with Gasteiger partial charge in [0.2, 0.25) is 12.9 Å². The molecule has 3 aliphatic rings. The molecule has 1 aromatic heterocycles. The number of hydrogen-bond acceptors (Lipinski definition) is 7. The van der Waals surface area contributed by atoms with Crippen molar-refractivity contribution in [3.05, 3.63) is 71.7 Å². The largest absolute Gasteiger partial charge is 0.485 e. The van der Waals surface area contributed by atoms with Gasteiger partial charge in [0.15, 0.2) is 29.0 Å². The zero-order valence-corrected chi connectivity index (χ0v) is 21.9. The van der Waals surface area contributed by atoms with Crippen molar-refractivity contribution >= 4 is 11.8 Å². The predicted octanol–water partition coefficient (Wildman–Crippen LogP) is 4.68. The number of carbonyl (C=O) groups is 2. The van der Waals surface area contributed by atoms with E-state index in [0.717, 1.165) is 31.2 Å². The lowest BCUT2D eigenvalue weighted by Crippen LogP contribution is -2.52. The van der Waals surface area contributed by atoms with Gasteiger partial charge in [-0.25, -0.2) is 0 Å². The van der Waals surface area contributed by atoms with Gasteiger partial charge in [-0.05, 0) is 61.7 Å². The van der Waals surface area contributed by atoms with Gasteiger partial charge in [0.25, 0.3) is 11.8 Å². The Labute approximate surface area is 227 Å². The lowest BCUT2D eigenvalue weighted by Gasteiger charge is -2.35. The lowest BCUT2D eigenvalue weighted by molar-refractivity contribution is -0.150. The summed E-state index contributed by atoms with van der Waals surface area (Å²) < 4.78 is 28.9. The number of furan rings is 1. The van der Waals surface area contributed by atoms with E-state index < -0.39 is 12.1 Å². The van der Waals surface area contributed by atoms with Crippen LogP contribution in [0.3, 0.4) is 0 Å². The van der Waals surface area contributed by atoms with Gasteiger partial charge >= 0.3 is 0 Å². The Morgan fingerprint density at radius 1 is 0.923 bits per heavy atom. The highest BCUT2D eigenvalue weighted by Gasteiger charge is 2.40. The summed E-state index contributed by atoms with van der Waals surface area (Å²) in [6, 6.07) is 15.4. The second-order valence-corrected chi connectivity index (χ2v) is 10.2. The fraction of sp³-hybridized carbons (Fsp3) is 0.400. The fourth-order valence-corrected chi connectivity index (χ4v) is 5.41. The zero-order valence-electron chi connectivity index (χ0n) is 21.9. The van der Waals surface area contributed by atoms with E-state index in [9.17, 15) is 9.59 Å². The summed E-state index contributed by atoms with van der Waals surface area (Å²) >= 11 is 0. The first-order valence-electron chi connectivity index (χ1n) is 13.5. The maximum absolute atomic E-state index is 14.2. The van der Waals surface area contributed by atoms with Gasteiger partial charge in [-0.1, -0.05) is 37.5 Å². The van der Waals surface area contributed by atoms with Crippen LogP contribution in [0.2, 0.25) is 0 Å². The number of para-hydroxylation sites is 2. The molecule has 9 heteroatoms. The molecule has 204 valence electrons. The number of amides is 2. The van der Waals surface area contributed by atoms with Gasteiger partial charge in [-0.2, -0.15) is 0 Å². The van der Waals surface area contributed by atoms with Crippen LogP contribution in [0, 0.1) is 6.92 Å². The molecule has 2 aromatic carbocycles. The summed E-state index contributed by atoms with van der Waals surface area (Å²) in [4.78, 5) is 29.7. The smallest absolute Gasteiger partial charge is 0.268 e. The number of benzene rings is 2. The molecule has 1 aliphatic carbocycles. The average Bonchev–Trinajstić information content (AvgIpc) is 3.61. The minimum absolute atomic E-state index is 0.0294. The van der Waals surface area contributed by atoms with Crippen LogP contribution in [0.1, 0.15) is 55.2 Å². The molecular formula is C30H32N2O7. The van der Waals surface area contributed by atoms with E-state index in [1.165, 1.54) is 11.3 Å². The number of ether oxygens (including phenoxy) is 4. The van der Waals surface area contributed by atoms with E-state index in [1.807, 2.05) is 37.3 Å². The molecule has 2 atom stereocenters. The number of carbonyl (C=O) groups excluding carboxylic acids is 2. The van der Waals surface area contributed by atoms with Crippen LogP contribution in [0.15, 0.2) is 59.0 Å². The van der Waals surface area contributed by atoms with E-state index in [-0.39, 0.29) is 37.8 Å². The van der Waals surface area contributed by atoms with Gasteiger partial charge in [0.1, 0.15) is 18.1 Å². The average molecular weight is 533 g/mol. The Morgan fingerprint density at radius 3 is 2.49 bits per heavy atom. The van der Waals surface area contributed by atoms with Gasteiger partial charge < -0.3 is 33.6 Å². The quantitative estimate of drug-likeness (QED) is 0.472. The van der Waals surface area contributed by atoms with E-state index in [1.54, 1.807) is 24.3 Å². The molecule has 1 N–H and O–H groups in total. The molecule has 3 aromatic rings. The predicted molar refractivity (Wildman–Crippen MR) is 141 cm³/mol. The summed E-state index contributed by atoms with van der Waals surface area (Å²) in [7, 11) is 0. The minimum atomic E-state index is -1.00. The lowest BCUT2D eigenvalue weighted by atomic mass is 9.95. The SMILES string of the molecule is Cc1ccc([C@H](C(=O)NC2CCCCC2)N(Cc2ccc3c(c2)OCO3)C(=O)[C@@H]2COc3ccccc3O2)o1. The summed E-state index contributed by atoms with van der Waals surface area (Å²) in [6.45, 7) is 2.12. The van der Waals surface area contributed by atoms with Crippen LogP contribution >= 0.6 is 0 Å².